The number of rotatable bonds is 7. The van der Waals surface area contributed by atoms with Crippen LogP contribution >= 0.6 is 23.2 Å². The predicted molar refractivity (Wildman–Crippen MR) is 136 cm³/mol. The summed E-state index contributed by atoms with van der Waals surface area (Å²) in [5.74, 6) is -1.93. The fourth-order valence-electron chi connectivity index (χ4n) is 4.70. The third-order valence-electron chi connectivity index (χ3n) is 6.64. The molecule has 0 aromatic heterocycles. The Kier molecular flexibility index (Phi) is 7.88. The van der Waals surface area contributed by atoms with Crippen molar-refractivity contribution in [3.05, 3.63) is 93.3 Å². The van der Waals surface area contributed by atoms with Crippen LogP contribution in [0.15, 0.2) is 72.1 Å². The van der Waals surface area contributed by atoms with Gasteiger partial charge in [-0.15, -0.1) is 0 Å². The second-order valence-corrected chi connectivity index (χ2v) is 9.75. The Morgan fingerprint density at radius 1 is 0.914 bits per heavy atom. The molecule has 1 fully saturated rings. The lowest BCUT2D eigenvalue weighted by atomic mass is 9.73. The number of hydrogen-bond donors (Lipinski definition) is 0. The molecule has 0 bridgehead atoms. The van der Waals surface area contributed by atoms with Gasteiger partial charge in [-0.25, -0.2) is 8.78 Å². The highest BCUT2D eigenvalue weighted by Gasteiger charge is 2.49. The summed E-state index contributed by atoms with van der Waals surface area (Å²) in [4.78, 5) is 27.8. The zero-order valence-corrected chi connectivity index (χ0v) is 20.8. The predicted octanol–water partition coefficient (Wildman–Crippen LogP) is 7.46. The number of hydrogen-bond acceptors (Lipinski definition) is 2. The Morgan fingerprint density at radius 3 is 1.80 bits per heavy atom. The van der Waals surface area contributed by atoms with Gasteiger partial charge in [0, 0.05) is 16.6 Å². The van der Waals surface area contributed by atoms with E-state index in [1.807, 2.05) is 48.5 Å². The van der Waals surface area contributed by atoms with Crippen molar-refractivity contribution in [2.24, 2.45) is 11.8 Å². The Hall–Kier alpha value is -2.76. The van der Waals surface area contributed by atoms with E-state index in [1.165, 1.54) is 24.0 Å². The van der Waals surface area contributed by atoms with Gasteiger partial charge < -0.3 is 0 Å². The molecule has 0 saturated carbocycles. The van der Waals surface area contributed by atoms with Crippen LogP contribution in [0.5, 0.6) is 0 Å². The van der Waals surface area contributed by atoms with Gasteiger partial charge in [-0.2, -0.15) is 0 Å². The Balaban J connectivity index is 1.59. The van der Waals surface area contributed by atoms with E-state index in [0.717, 1.165) is 22.3 Å². The SMILES string of the molecule is C/C(CF)=C(F)\C=C/CCN1C(=O)C2CC(c3ccc(Cl)cc3)=C(c3ccc(Cl)cc3)CC2C1=O. The lowest BCUT2D eigenvalue weighted by Crippen LogP contribution is -2.31. The van der Waals surface area contributed by atoms with Crippen molar-refractivity contribution in [1.29, 1.82) is 0 Å². The van der Waals surface area contributed by atoms with Crippen molar-refractivity contribution in [1.82, 2.24) is 4.90 Å². The number of allylic oxidation sites excluding steroid dienone is 5. The van der Waals surface area contributed by atoms with Crippen LogP contribution in [0.2, 0.25) is 10.0 Å². The third-order valence-corrected chi connectivity index (χ3v) is 7.15. The van der Waals surface area contributed by atoms with E-state index in [2.05, 4.69) is 0 Å². The third kappa shape index (κ3) is 5.41. The summed E-state index contributed by atoms with van der Waals surface area (Å²) in [5, 5.41) is 1.24. The van der Waals surface area contributed by atoms with Crippen LogP contribution in [0.1, 0.15) is 37.3 Å². The maximum Gasteiger partial charge on any atom is 0.233 e. The number of benzene rings is 2. The number of likely N-dealkylation sites (tertiary alicyclic amines) is 1. The summed E-state index contributed by atoms with van der Waals surface area (Å²) < 4.78 is 26.3. The Labute approximate surface area is 213 Å². The van der Waals surface area contributed by atoms with E-state index >= 15 is 0 Å². The molecular weight excluding hydrogens is 491 g/mol. The van der Waals surface area contributed by atoms with Crippen molar-refractivity contribution in [3.63, 3.8) is 0 Å². The second-order valence-electron chi connectivity index (χ2n) is 8.87. The van der Waals surface area contributed by atoms with Gasteiger partial charge in [0.05, 0.1) is 11.8 Å². The molecule has 2 aliphatic rings. The molecule has 0 spiro atoms. The molecule has 1 heterocycles. The first-order chi connectivity index (χ1) is 16.8. The average molecular weight is 516 g/mol. The molecule has 4 rings (SSSR count). The number of fused-ring (bicyclic) bond motifs is 1. The minimum atomic E-state index is -0.860. The number of amides is 2. The highest BCUT2D eigenvalue weighted by molar-refractivity contribution is 6.31. The van der Waals surface area contributed by atoms with Gasteiger partial charge in [0.25, 0.3) is 0 Å². The van der Waals surface area contributed by atoms with Gasteiger partial charge in [0.15, 0.2) is 0 Å². The lowest BCUT2D eigenvalue weighted by Gasteiger charge is -2.28. The summed E-state index contributed by atoms with van der Waals surface area (Å²) in [6.07, 6.45) is 3.88. The first-order valence-electron chi connectivity index (χ1n) is 11.5. The summed E-state index contributed by atoms with van der Waals surface area (Å²) in [7, 11) is 0. The molecule has 182 valence electrons. The van der Waals surface area contributed by atoms with Crippen molar-refractivity contribution >= 4 is 46.2 Å². The highest BCUT2D eigenvalue weighted by atomic mass is 35.5. The first-order valence-corrected chi connectivity index (χ1v) is 12.2. The number of carbonyl (C=O) groups is 2. The molecule has 1 aliphatic heterocycles. The Morgan fingerprint density at radius 2 is 1.37 bits per heavy atom. The van der Waals surface area contributed by atoms with Gasteiger partial charge in [0.1, 0.15) is 12.5 Å². The van der Waals surface area contributed by atoms with E-state index in [9.17, 15) is 18.4 Å². The minimum Gasteiger partial charge on any atom is -0.282 e. The van der Waals surface area contributed by atoms with Gasteiger partial charge in [-0.3, -0.25) is 14.5 Å². The van der Waals surface area contributed by atoms with E-state index in [1.54, 1.807) is 0 Å². The van der Waals surface area contributed by atoms with Crippen molar-refractivity contribution in [2.45, 2.75) is 26.2 Å². The largest absolute Gasteiger partial charge is 0.282 e. The molecule has 7 heteroatoms. The molecule has 3 nitrogen and oxygen atoms in total. The van der Waals surface area contributed by atoms with Crippen molar-refractivity contribution in [3.8, 4) is 0 Å². The molecule has 35 heavy (non-hydrogen) atoms. The molecule has 1 saturated heterocycles. The monoisotopic (exact) mass is 515 g/mol. The number of carbonyl (C=O) groups excluding carboxylic acids is 2. The van der Waals surface area contributed by atoms with Gasteiger partial charge in [-0.1, -0.05) is 53.5 Å². The Bertz CT molecular complexity index is 1140. The van der Waals surface area contributed by atoms with Crippen LogP contribution in [0.25, 0.3) is 11.1 Å². The minimum absolute atomic E-state index is 0.0103. The fraction of sp³-hybridized carbons (Fsp3) is 0.286. The zero-order chi connectivity index (χ0) is 25.1. The zero-order valence-electron chi connectivity index (χ0n) is 19.2. The van der Waals surface area contributed by atoms with E-state index < -0.39 is 24.3 Å². The molecule has 2 amide bonds. The van der Waals surface area contributed by atoms with Crippen LogP contribution < -0.4 is 0 Å². The number of halogens is 4. The number of nitrogens with zero attached hydrogens (tertiary/aromatic N) is 1. The van der Waals surface area contributed by atoms with E-state index in [0.29, 0.717) is 29.3 Å². The van der Waals surface area contributed by atoms with Crippen molar-refractivity contribution in [2.75, 3.05) is 13.2 Å². The fourth-order valence-corrected chi connectivity index (χ4v) is 4.95. The molecule has 2 aromatic rings. The highest BCUT2D eigenvalue weighted by Crippen LogP contribution is 2.47. The first kappa shape index (κ1) is 25.3. The molecular formula is C28H25Cl2F2NO2. The maximum atomic E-state index is 13.7. The smallest absolute Gasteiger partial charge is 0.233 e. The van der Waals surface area contributed by atoms with Crippen LogP contribution in [-0.4, -0.2) is 29.9 Å². The molecule has 0 radical (unpaired) electrons. The second kappa shape index (κ2) is 10.9. The molecule has 2 unspecified atom stereocenters. The van der Waals surface area contributed by atoms with E-state index in [-0.39, 0.29) is 23.9 Å². The van der Waals surface area contributed by atoms with Crippen LogP contribution in [0.4, 0.5) is 8.78 Å². The lowest BCUT2D eigenvalue weighted by molar-refractivity contribution is -0.139. The molecule has 2 aromatic carbocycles. The summed E-state index contributed by atoms with van der Waals surface area (Å²) in [6.45, 7) is 0.679. The topological polar surface area (TPSA) is 37.4 Å². The van der Waals surface area contributed by atoms with Gasteiger partial charge >= 0.3 is 0 Å². The molecule has 1 aliphatic carbocycles. The normalized spacial score (nSPS) is 21.1. The van der Waals surface area contributed by atoms with Crippen molar-refractivity contribution < 1.29 is 18.4 Å². The summed E-state index contributed by atoms with van der Waals surface area (Å²) >= 11 is 12.2. The van der Waals surface area contributed by atoms with Crippen LogP contribution in [0, 0.1) is 11.8 Å². The van der Waals surface area contributed by atoms with Crippen LogP contribution in [-0.2, 0) is 9.59 Å². The number of alkyl halides is 1. The molecule has 0 N–H and O–H groups in total. The van der Waals surface area contributed by atoms with Crippen LogP contribution in [0.3, 0.4) is 0 Å². The standard InChI is InChI=1S/C28H25Cl2F2NO2/c1-17(16-31)26(32)4-2-3-13-33-27(34)24-14-22(18-5-9-20(29)10-6-18)23(15-25(24)28(33)35)19-7-11-21(30)12-8-19/h2,4-12,24-25H,3,13-16H2,1H3/b4-2-,26-17-. The quantitative estimate of drug-likeness (QED) is 0.283. The summed E-state index contributed by atoms with van der Waals surface area (Å²) in [5.41, 5.74) is 3.97. The average Bonchev–Trinajstić information content (AvgIpc) is 3.10. The van der Waals surface area contributed by atoms with Gasteiger partial charge in [-0.05, 0) is 84.4 Å². The molecule has 2 atom stereocenters. The van der Waals surface area contributed by atoms with E-state index in [4.69, 9.17) is 23.2 Å². The summed E-state index contributed by atoms with van der Waals surface area (Å²) in [6, 6.07) is 15.0. The van der Waals surface area contributed by atoms with Gasteiger partial charge in [0.2, 0.25) is 11.8 Å². The number of imide groups is 1. The maximum absolute atomic E-state index is 13.7.